The summed E-state index contributed by atoms with van der Waals surface area (Å²) in [5, 5.41) is 21.7. The number of benzene rings is 3. The first-order valence-electron chi connectivity index (χ1n) is 10.8. The fraction of sp³-hybridized carbons (Fsp3) is 0.143. The molecule has 0 bridgehead atoms. The maximum atomic E-state index is 10.5. The van der Waals surface area contributed by atoms with E-state index in [4.69, 9.17) is 21.3 Å². The zero-order valence-corrected chi connectivity index (χ0v) is 20.2. The van der Waals surface area contributed by atoms with E-state index in [1.807, 2.05) is 67.6 Å². The van der Waals surface area contributed by atoms with Crippen molar-refractivity contribution in [1.82, 2.24) is 4.98 Å². The average molecular weight is 487 g/mol. The van der Waals surface area contributed by atoms with E-state index >= 15 is 0 Å². The van der Waals surface area contributed by atoms with Crippen LogP contribution in [0.3, 0.4) is 0 Å². The summed E-state index contributed by atoms with van der Waals surface area (Å²) in [7, 11) is 0. The maximum Gasteiger partial charge on any atom is 0.119 e. The molecule has 4 nitrogen and oxygen atoms in total. The van der Waals surface area contributed by atoms with E-state index in [2.05, 4.69) is 6.07 Å². The van der Waals surface area contributed by atoms with Gasteiger partial charge < -0.3 is 9.84 Å². The summed E-state index contributed by atoms with van der Waals surface area (Å²) in [5.74, 6) is 0.970. The second-order valence-electron chi connectivity index (χ2n) is 7.81. The summed E-state index contributed by atoms with van der Waals surface area (Å²) in [5.41, 5.74) is 5.18. The normalized spacial score (nSPS) is 11.6. The van der Waals surface area contributed by atoms with E-state index in [9.17, 15) is 10.4 Å². The lowest BCUT2D eigenvalue weighted by Crippen LogP contribution is -2.20. The van der Waals surface area contributed by atoms with Crippen molar-refractivity contribution in [3.8, 4) is 34.2 Å². The zero-order valence-electron chi connectivity index (χ0n) is 18.6. The predicted octanol–water partition coefficient (Wildman–Crippen LogP) is 6.78. The van der Waals surface area contributed by atoms with Crippen LogP contribution in [0.15, 0.2) is 90.0 Å². The van der Waals surface area contributed by atoms with Gasteiger partial charge in [-0.25, -0.2) is 4.98 Å². The average Bonchev–Trinajstić information content (AvgIpc) is 2.87. The third kappa shape index (κ3) is 5.98. The van der Waals surface area contributed by atoms with Crippen LogP contribution in [0.1, 0.15) is 11.1 Å². The molecule has 6 heteroatoms. The molecule has 0 aliphatic heterocycles. The molecule has 170 valence electrons. The van der Waals surface area contributed by atoms with Crippen molar-refractivity contribution in [2.24, 2.45) is 0 Å². The first-order chi connectivity index (χ1) is 16.5. The molecule has 1 heterocycles. The minimum atomic E-state index is -0.739. The van der Waals surface area contributed by atoms with Crippen molar-refractivity contribution < 1.29 is 9.84 Å². The summed E-state index contributed by atoms with van der Waals surface area (Å²) in [6, 6.07) is 29.3. The van der Waals surface area contributed by atoms with Crippen LogP contribution >= 0.6 is 23.4 Å². The molecule has 0 fully saturated rings. The van der Waals surface area contributed by atoms with E-state index in [1.54, 1.807) is 24.3 Å². The third-order valence-electron chi connectivity index (χ3n) is 5.20. The highest BCUT2D eigenvalue weighted by molar-refractivity contribution is 7.99. The van der Waals surface area contributed by atoms with Gasteiger partial charge in [0.1, 0.15) is 23.5 Å². The quantitative estimate of drug-likeness (QED) is 0.278. The fourth-order valence-corrected chi connectivity index (χ4v) is 4.43. The number of thioether (sulfide) groups is 1. The van der Waals surface area contributed by atoms with Crippen LogP contribution in [0.2, 0.25) is 5.02 Å². The van der Waals surface area contributed by atoms with Gasteiger partial charge in [-0.2, -0.15) is 5.26 Å². The van der Waals surface area contributed by atoms with E-state index in [0.29, 0.717) is 27.1 Å². The highest BCUT2D eigenvalue weighted by Crippen LogP contribution is 2.34. The van der Waals surface area contributed by atoms with Gasteiger partial charge in [-0.1, -0.05) is 71.8 Å². The molecule has 34 heavy (non-hydrogen) atoms. The number of hydrogen-bond acceptors (Lipinski definition) is 5. The summed E-state index contributed by atoms with van der Waals surface area (Å²) < 4.78 is 5.66. The molecule has 3 aromatic carbocycles. The molecular formula is C28H23ClN2O2S. The Morgan fingerprint density at radius 3 is 2.38 bits per heavy atom. The number of nitriles is 1. The van der Waals surface area contributed by atoms with Gasteiger partial charge >= 0.3 is 0 Å². The third-order valence-corrected chi connectivity index (χ3v) is 6.57. The number of halogens is 1. The van der Waals surface area contributed by atoms with Gasteiger partial charge in [0.25, 0.3) is 0 Å². The molecule has 0 radical (unpaired) electrons. The number of pyridine rings is 1. The lowest BCUT2D eigenvalue weighted by atomic mass is 9.98. The lowest BCUT2D eigenvalue weighted by molar-refractivity contribution is 0.126. The van der Waals surface area contributed by atoms with Crippen LogP contribution < -0.4 is 4.74 Å². The van der Waals surface area contributed by atoms with Crippen LogP contribution in [0.25, 0.3) is 22.4 Å². The highest BCUT2D eigenvalue weighted by atomic mass is 35.5. The Labute approximate surface area is 208 Å². The Morgan fingerprint density at radius 1 is 1.00 bits per heavy atom. The number of aromatic nitrogens is 1. The molecule has 0 saturated heterocycles. The molecular weight excluding hydrogens is 464 g/mol. The summed E-state index contributed by atoms with van der Waals surface area (Å²) in [6.07, 6.45) is -0.739. The van der Waals surface area contributed by atoms with Gasteiger partial charge in [-0.3, -0.25) is 0 Å². The Balaban J connectivity index is 1.60. The van der Waals surface area contributed by atoms with Gasteiger partial charge in [-0.15, -0.1) is 11.8 Å². The monoisotopic (exact) mass is 486 g/mol. The van der Waals surface area contributed by atoms with Crippen LogP contribution in [0.5, 0.6) is 5.75 Å². The van der Waals surface area contributed by atoms with Crippen molar-refractivity contribution in [2.45, 2.75) is 18.1 Å². The summed E-state index contributed by atoms with van der Waals surface area (Å²) >= 11 is 7.25. The molecule has 4 aromatic rings. The van der Waals surface area contributed by atoms with Gasteiger partial charge in [0.05, 0.1) is 17.4 Å². The van der Waals surface area contributed by atoms with E-state index < -0.39 is 6.10 Å². The number of aliphatic hydroxyl groups is 1. The van der Waals surface area contributed by atoms with Gasteiger partial charge in [-0.05, 0) is 42.8 Å². The van der Waals surface area contributed by atoms with Crippen molar-refractivity contribution in [2.75, 3.05) is 12.4 Å². The Kier molecular flexibility index (Phi) is 7.87. The number of hydrogen-bond donors (Lipinski definition) is 1. The Hall–Kier alpha value is -3.30. The largest absolute Gasteiger partial charge is 0.491 e. The number of ether oxygens (including phenoxy) is 1. The predicted molar refractivity (Wildman–Crippen MR) is 138 cm³/mol. The molecule has 0 spiro atoms. The first kappa shape index (κ1) is 23.8. The lowest BCUT2D eigenvalue weighted by Gasteiger charge is -2.15. The summed E-state index contributed by atoms with van der Waals surface area (Å²) in [4.78, 5) is 4.79. The molecule has 0 saturated carbocycles. The topological polar surface area (TPSA) is 66.1 Å². The van der Waals surface area contributed by atoms with Crippen molar-refractivity contribution in [3.63, 3.8) is 0 Å². The van der Waals surface area contributed by atoms with E-state index in [1.165, 1.54) is 11.8 Å². The molecule has 1 aromatic heterocycles. The van der Waals surface area contributed by atoms with Crippen LogP contribution in [0, 0.1) is 18.3 Å². The molecule has 0 amide bonds. The second-order valence-corrected chi connectivity index (χ2v) is 9.25. The first-order valence-corrected chi connectivity index (χ1v) is 12.2. The molecule has 1 atom stereocenters. The smallest absolute Gasteiger partial charge is 0.119 e. The van der Waals surface area contributed by atoms with Gasteiger partial charge in [0.2, 0.25) is 0 Å². The molecule has 1 unspecified atom stereocenters. The second kappa shape index (κ2) is 11.2. The minimum Gasteiger partial charge on any atom is -0.491 e. The fourth-order valence-electron chi connectivity index (χ4n) is 3.40. The number of aryl methyl sites for hydroxylation is 1. The number of rotatable bonds is 8. The minimum absolute atomic E-state index is 0.125. The molecule has 1 N–H and O–H groups in total. The molecule has 4 rings (SSSR count). The SMILES string of the molecule is Cc1ccc(-c2cc(-c3ccccc3)nc(SCC(O)COc3ccc(Cl)cc3)c2C#N)cc1. The van der Waals surface area contributed by atoms with Crippen LogP contribution in [-0.4, -0.2) is 28.6 Å². The van der Waals surface area contributed by atoms with Crippen LogP contribution in [0.4, 0.5) is 0 Å². The van der Waals surface area contributed by atoms with Crippen molar-refractivity contribution in [3.05, 3.63) is 101 Å². The maximum absolute atomic E-state index is 10.5. The Bertz CT molecular complexity index is 1290. The van der Waals surface area contributed by atoms with Crippen molar-refractivity contribution >= 4 is 23.4 Å². The number of nitrogens with zero attached hydrogens (tertiary/aromatic N) is 2. The standard InChI is InChI=1S/C28H23ClN2O2S/c1-19-7-9-20(10-8-19)25-15-27(21-5-3-2-4-6-21)31-28(26(25)16-30)34-18-23(32)17-33-24-13-11-22(29)12-14-24/h2-15,23,32H,17-18H2,1H3. The summed E-state index contributed by atoms with van der Waals surface area (Å²) in [6.45, 7) is 2.16. The molecule has 0 aliphatic rings. The van der Waals surface area contributed by atoms with Gasteiger partial charge in [0, 0.05) is 21.9 Å². The van der Waals surface area contributed by atoms with Crippen molar-refractivity contribution in [1.29, 1.82) is 5.26 Å². The van der Waals surface area contributed by atoms with E-state index in [0.717, 1.165) is 27.9 Å². The zero-order chi connectivity index (χ0) is 23.9. The van der Waals surface area contributed by atoms with Crippen LogP contribution in [-0.2, 0) is 0 Å². The molecule has 0 aliphatic carbocycles. The highest BCUT2D eigenvalue weighted by Gasteiger charge is 2.17. The van der Waals surface area contributed by atoms with Gasteiger partial charge in [0.15, 0.2) is 0 Å². The number of aliphatic hydroxyl groups excluding tert-OH is 1. The van der Waals surface area contributed by atoms with E-state index in [-0.39, 0.29) is 6.61 Å². The Morgan fingerprint density at radius 2 is 1.71 bits per heavy atom.